The van der Waals surface area contributed by atoms with Crippen LogP contribution < -0.4 is 0 Å². The second-order valence-corrected chi connectivity index (χ2v) is 1.61. The summed E-state index contributed by atoms with van der Waals surface area (Å²) in [5.41, 5.74) is 0.599. The van der Waals surface area contributed by atoms with Crippen LogP contribution in [0.1, 0.15) is 6.92 Å². The van der Waals surface area contributed by atoms with Gasteiger partial charge in [-0.2, -0.15) is 5.26 Å². The molecule has 9 heavy (non-hydrogen) atoms. The van der Waals surface area contributed by atoms with E-state index in [2.05, 4.69) is 6.58 Å². The lowest BCUT2D eigenvalue weighted by atomic mass is 10.3. The molecule has 0 radical (unpaired) electrons. The Hall–Kier alpha value is -1.23. The lowest BCUT2D eigenvalue weighted by Crippen LogP contribution is -1.78. The van der Waals surface area contributed by atoms with E-state index in [0.29, 0.717) is 11.3 Å². The summed E-state index contributed by atoms with van der Waals surface area (Å²) in [5, 5.41) is 8.26. The van der Waals surface area contributed by atoms with E-state index in [-0.39, 0.29) is 0 Å². The summed E-state index contributed by atoms with van der Waals surface area (Å²) in [7, 11) is 1.52. The number of hydrogen-bond acceptors (Lipinski definition) is 2. The van der Waals surface area contributed by atoms with Crippen molar-refractivity contribution < 1.29 is 4.74 Å². The molecule has 0 aromatic rings. The highest BCUT2D eigenvalue weighted by Crippen LogP contribution is 1.97. The van der Waals surface area contributed by atoms with Crippen LogP contribution in [-0.2, 0) is 4.74 Å². The van der Waals surface area contributed by atoms with Crippen molar-refractivity contribution in [3.63, 3.8) is 0 Å². The van der Waals surface area contributed by atoms with Crippen molar-refractivity contribution in [2.75, 3.05) is 7.11 Å². The molecule has 0 atom stereocenters. The number of hydrogen-bond donors (Lipinski definition) is 0. The molecule has 0 aliphatic carbocycles. The zero-order valence-electron chi connectivity index (χ0n) is 5.64. The van der Waals surface area contributed by atoms with Gasteiger partial charge in [-0.05, 0) is 13.0 Å². The average Bonchev–Trinajstić information content (AvgIpc) is 1.87. The SMILES string of the molecule is C=C(/C=C(\C)C#N)OC. The summed E-state index contributed by atoms with van der Waals surface area (Å²) >= 11 is 0. The summed E-state index contributed by atoms with van der Waals surface area (Å²) in [6, 6.07) is 1.95. The highest BCUT2D eigenvalue weighted by molar-refractivity contribution is 5.25. The van der Waals surface area contributed by atoms with E-state index in [0.717, 1.165) is 0 Å². The first-order valence-corrected chi connectivity index (χ1v) is 2.52. The molecule has 0 N–H and O–H groups in total. The Morgan fingerprint density at radius 3 is 2.67 bits per heavy atom. The van der Waals surface area contributed by atoms with Gasteiger partial charge in [-0.1, -0.05) is 6.58 Å². The van der Waals surface area contributed by atoms with Crippen LogP contribution in [0.15, 0.2) is 24.0 Å². The van der Waals surface area contributed by atoms with Crippen molar-refractivity contribution in [2.45, 2.75) is 6.92 Å². The minimum atomic E-state index is 0.508. The molecule has 2 nitrogen and oxygen atoms in total. The van der Waals surface area contributed by atoms with Gasteiger partial charge in [-0.25, -0.2) is 0 Å². The van der Waals surface area contributed by atoms with Gasteiger partial charge in [0.05, 0.1) is 13.2 Å². The maximum absolute atomic E-state index is 8.26. The number of nitrogens with zero attached hydrogens (tertiary/aromatic N) is 1. The molecule has 0 saturated heterocycles. The smallest absolute Gasteiger partial charge is 0.112 e. The predicted octanol–water partition coefficient (Wildman–Crippen LogP) is 1.62. The Morgan fingerprint density at radius 1 is 1.78 bits per heavy atom. The van der Waals surface area contributed by atoms with E-state index in [1.165, 1.54) is 7.11 Å². The van der Waals surface area contributed by atoms with Gasteiger partial charge in [-0.15, -0.1) is 0 Å². The second-order valence-electron chi connectivity index (χ2n) is 1.61. The first-order valence-electron chi connectivity index (χ1n) is 2.52. The van der Waals surface area contributed by atoms with Gasteiger partial charge in [0.15, 0.2) is 0 Å². The molecule has 0 fully saturated rings. The molecule has 0 spiro atoms. The van der Waals surface area contributed by atoms with Gasteiger partial charge < -0.3 is 4.74 Å². The van der Waals surface area contributed by atoms with Crippen LogP contribution in [0.3, 0.4) is 0 Å². The zero-order chi connectivity index (χ0) is 7.28. The molecule has 0 rings (SSSR count). The van der Waals surface area contributed by atoms with Crippen molar-refractivity contribution in [2.24, 2.45) is 0 Å². The van der Waals surface area contributed by atoms with Gasteiger partial charge >= 0.3 is 0 Å². The monoisotopic (exact) mass is 123 g/mol. The summed E-state index contributed by atoms with van der Waals surface area (Å²) in [6.45, 7) is 5.21. The minimum Gasteiger partial charge on any atom is -0.497 e. The molecule has 0 aliphatic rings. The Bertz CT molecular complexity index is 174. The van der Waals surface area contributed by atoms with Gasteiger partial charge in [-0.3, -0.25) is 0 Å². The minimum absolute atomic E-state index is 0.508. The molecule has 0 bridgehead atoms. The Balaban J connectivity index is 4.00. The lowest BCUT2D eigenvalue weighted by molar-refractivity contribution is 0.308. The van der Waals surface area contributed by atoms with Crippen molar-refractivity contribution in [3.8, 4) is 6.07 Å². The number of allylic oxidation sites excluding steroid dienone is 2. The van der Waals surface area contributed by atoms with Crippen molar-refractivity contribution >= 4 is 0 Å². The summed E-state index contributed by atoms with van der Waals surface area (Å²) in [6.07, 6.45) is 1.58. The number of ether oxygens (including phenoxy) is 1. The van der Waals surface area contributed by atoms with Crippen LogP contribution >= 0.6 is 0 Å². The molecule has 0 amide bonds. The largest absolute Gasteiger partial charge is 0.497 e. The van der Waals surface area contributed by atoms with Crippen LogP contribution in [0.25, 0.3) is 0 Å². The molecular formula is C7H9NO. The first kappa shape index (κ1) is 7.77. The van der Waals surface area contributed by atoms with Crippen LogP contribution in [0, 0.1) is 11.3 Å². The van der Waals surface area contributed by atoms with Crippen LogP contribution in [0.4, 0.5) is 0 Å². The molecule has 2 heteroatoms. The molecule has 0 heterocycles. The average molecular weight is 123 g/mol. The molecule has 0 aliphatic heterocycles. The number of rotatable bonds is 2. The topological polar surface area (TPSA) is 33.0 Å². The van der Waals surface area contributed by atoms with Crippen molar-refractivity contribution in [1.82, 2.24) is 0 Å². The standard InChI is InChI=1S/C7H9NO/c1-6(5-8)4-7(2)9-3/h4H,2H2,1,3H3/b6-4+. The third-order valence-corrected chi connectivity index (χ3v) is 0.816. The molecular weight excluding hydrogens is 114 g/mol. The fourth-order valence-corrected chi connectivity index (χ4v) is 0.333. The van der Waals surface area contributed by atoms with Crippen LogP contribution in [-0.4, -0.2) is 7.11 Å². The lowest BCUT2D eigenvalue weighted by Gasteiger charge is -1.94. The molecule has 0 saturated carbocycles. The number of methoxy groups -OCH3 is 1. The van der Waals surface area contributed by atoms with E-state index in [1.54, 1.807) is 13.0 Å². The second kappa shape index (κ2) is 3.73. The normalized spacial score (nSPS) is 10.1. The Labute approximate surface area is 55.1 Å². The Morgan fingerprint density at radius 2 is 2.33 bits per heavy atom. The zero-order valence-corrected chi connectivity index (χ0v) is 5.64. The van der Waals surface area contributed by atoms with Gasteiger partial charge in [0.1, 0.15) is 5.76 Å². The van der Waals surface area contributed by atoms with Crippen LogP contribution in [0.5, 0.6) is 0 Å². The van der Waals surface area contributed by atoms with E-state index in [9.17, 15) is 0 Å². The van der Waals surface area contributed by atoms with E-state index in [1.807, 2.05) is 6.07 Å². The summed E-state index contributed by atoms with van der Waals surface area (Å²) < 4.78 is 4.70. The van der Waals surface area contributed by atoms with Crippen molar-refractivity contribution in [3.05, 3.63) is 24.0 Å². The highest BCUT2D eigenvalue weighted by Gasteiger charge is 1.85. The fourth-order valence-electron chi connectivity index (χ4n) is 0.333. The summed E-state index contributed by atoms with van der Waals surface area (Å²) in [4.78, 5) is 0. The molecule has 0 aromatic heterocycles. The molecule has 0 aromatic carbocycles. The third-order valence-electron chi connectivity index (χ3n) is 0.816. The predicted molar refractivity (Wildman–Crippen MR) is 35.5 cm³/mol. The van der Waals surface area contributed by atoms with E-state index >= 15 is 0 Å². The van der Waals surface area contributed by atoms with E-state index < -0.39 is 0 Å². The Kier molecular flexibility index (Phi) is 3.22. The maximum atomic E-state index is 8.26. The first-order chi connectivity index (χ1) is 4.20. The van der Waals surface area contributed by atoms with Gasteiger partial charge in [0.2, 0.25) is 0 Å². The van der Waals surface area contributed by atoms with Crippen LogP contribution in [0.2, 0.25) is 0 Å². The van der Waals surface area contributed by atoms with E-state index in [4.69, 9.17) is 10.00 Å². The molecule has 48 valence electrons. The summed E-state index contributed by atoms with van der Waals surface area (Å²) in [5.74, 6) is 0.508. The van der Waals surface area contributed by atoms with Gasteiger partial charge in [0.25, 0.3) is 0 Å². The molecule has 0 unspecified atom stereocenters. The number of nitriles is 1. The highest BCUT2D eigenvalue weighted by atomic mass is 16.5. The maximum Gasteiger partial charge on any atom is 0.112 e. The van der Waals surface area contributed by atoms with Gasteiger partial charge in [0, 0.05) is 5.57 Å². The van der Waals surface area contributed by atoms with Crippen molar-refractivity contribution in [1.29, 1.82) is 5.26 Å². The fraction of sp³-hybridized carbons (Fsp3) is 0.286. The third kappa shape index (κ3) is 3.36. The quantitative estimate of drug-likeness (QED) is 0.317.